The van der Waals surface area contributed by atoms with Gasteiger partial charge in [0.1, 0.15) is 0 Å². The summed E-state index contributed by atoms with van der Waals surface area (Å²) in [7, 11) is 0. The summed E-state index contributed by atoms with van der Waals surface area (Å²) in [6, 6.07) is 9.55. The molecule has 2 fully saturated rings. The van der Waals surface area contributed by atoms with E-state index in [2.05, 4.69) is 58.5 Å². The van der Waals surface area contributed by atoms with Crippen LogP contribution in [0, 0.1) is 0 Å². The summed E-state index contributed by atoms with van der Waals surface area (Å²) in [5, 5.41) is 7.01. The Hall–Kier alpha value is -0.630. The number of benzene rings is 1. The third kappa shape index (κ3) is 6.83. The van der Waals surface area contributed by atoms with Gasteiger partial charge in [0.05, 0.1) is 6.54 Å². The lowest BCUT2D eigenvalue weighted by molar-refractivity contribution is 0.410. The van der Waals surface area contributed by atoms with Gasteiger partial charge in [0, 0.05) is 42.9 Å². The van der Waals surface area contributed by atoms with Crippen molar-refractivity contribution in [3.05, 3.63) is 29.8 Å². The van der Waals surface area contributed by atoms with Crippen LogP contribution in [0.15, 0.2) is 29.3 Å². The summed E-state index contributed by atoms with van der Waals surface area (Å²) in [6.45, 7) is 6.10. The van der Waals surface area contributed by atoms with Crippen molar-refractivity contribution in [3.63, 3.8) is 0 Å². The molecule has 0 unspecified atom stereocenters. The molecule has 1 saturated carbocycles. The van der Waals surface area contributed by atoms with E-state index in [1.165, 1.54) is 54.9 Å². The van der Waals surface area contributed by atoms with Crippen molar-refractivity contribution in [1.82, 2.24) is 10.6 Å². The Morgan fingerprint density at radius 3 is 2.46 bits per heavy atom. The molecule has 6 heteroatoms. The van der Waals surface area contributed by atoms with Crippen LogP contribution < -0.4 is 15.5 Å². The molecule has 26 heavy (non-hydrogen) atoms. The highest BCUT2D eigenvalue weighted by atomic mass is 127. The zero-order chi connectivity index (χ0) is 17.3. The minimum Gasteiger partial charge on any atom is -0.370 e. The normalized spacial score (nSPS) is 19.0. The van der Waals surface area contributed by atoms with Gasteiger partial charge in [0.2, 0.25) is 0 Å². The molecule has 2 N–H and O–H groups in total. The van der Waals surface area contributed by atoms with E-state index in [4.69, 9.17) is 4.99 Å². The van der Waals surface area contributed by atoms with Gasteiger partial charge in [-0.05, 0) is 37.5 Å². The molecule has 0 amide bonds. The van der Waals surface area contributed by atoms with Crippen molar-refractivity contribution >= 4 is 47.4 Å². The Labute approximate surface area is 180 Å². The molecule has 1 aromatic rings. The maximum Gasteiger partial charge on any atom is 0.191 e. The van der Waals surface area contributed by atoms with E-state index >= 15 is 0 Å². The molecule has 1 aliphatic carbocycles. The van der Waals surface area contributed by atoms with Crippen LogP contribution in [-0.2, 0) is 6.54 Å². The van der Waals surface area contributed by atoms with Crippen LogP contribution >= 0.6 is 35.7 Å². The van der Waals surface area contributed by atoms with E-state index in [9.17, 15) is 0 Å². The van der Waals surface area contributed by atoms with Gasteiger partial charge >= 0.3 is 0 Å². The summed E-state index contributed by atoms with van der Waals surface area (Å²) in [6.07, 6.45) is 6.61. The molecule has 1 saturated heterocycles. The quantitative estimate of drug-likeness (QED) is 0.370. The smallest absolute Gasteiger partial charge is 0.191 e. The van der Waals surface area contributed by atoms with Crippen molar-refractivity contribution in [2.45, 2.75) is 51.6 Å². The van der Waals surface area contributed by atoms with E-state index in [0.717, 1.165) is 32.1 Å². The van der Waals surface area contributed by atoms with E-state index in [1.54, 1.807) is 0 Å². The summed E-state index contributed by atoms with van der Waals surface area (Å²) in [4.78, 5) is 7.28. The van der Waals surface area contributed by atoms with Crippen molar-refractivity contribution in [2.24, 2.45) is 4.99 Å². The summed E-state index contributed by atoms with van der Waals surface area (Å²) < 4.78 is 0. The largest absolute Gasteiger partial charge is 0.370 e. The van der Waals surface area contributed by atoms with Gasteiger partial charge in [-0.1, -0.05) is 31.4 Å². The lowest BCUT2D eigenvalue weighted by Crippen LogP contribution is -2.44. The maximum absolute atomic E-state index is 4.80. The second-order valence-electron chi connectivity index (χ2n) is 6.94. The fraction of sp³-hybridized carbons (Fsp3) is 0.650. The van der Waals surface area contributed by atoms with E-state index in [-0.39, 0.29) is 24.0 Å². The van der Waals surface area contributed by atoms with Crippen LogP contribution in [0.5, 0.6) is 0 Å². The van der Waals surface area contributed by atoms with Crippen LogP contribution in [0.1, 0.15) is 44.6 Å². The SMILES string of the molecule is CCNC(=NCc1ccc(N2CCSCC2)cc1)NC1CCCCC1.I. The van der Waals surface area contributed by atoms with Crippen molar-refractivity contribution in [3.8, 4) is 0 Å². The predicted octanol–water partition coefficient (Wildman–Crippen LogP) is 4.25. The molecule has 0 atom stereocenters. The zero-order valence-corrected chi connectivity index (χ0v) is 19.0. The molecule has 146 valence electrons. The number of thioether (sulfide) groups is 1. The van der Waals surface area contributed by atoms with Gasteiger partial charge in [-0.3, -0.25) is 0 Å². The highest BCUT2D eigenvalue weighted by Gasteiger charge is 2.14. The fourth-order valence-electron chi connectivity index (χ4n) is 3.56. The number of aliphatic imine (C=N–C) groups is 1. The molecule has 1 aromatic carbocycles. The summed E-state index contributed by atoms with van der Waals surface area (Å²) in [5.74, 6) is 3.45. The van der Waals surface area contributed by atoms with E-state index in [1.807, 2.05) is 0 Å². The van der Waals surface area contributed by atoms with E-state index in [0.29, 0.717) is 6.04 Å². The predicted molar refractivity (Wildman–Crippen MR) is 126 cm³/mol. The highest BCUT2D eigenvalue weighted by molar-refractivity contribution is 14.0. The molecular formula is C20H33IN4S. The first-order chi connectivity index (χ1) is 12.3. The van der Waals surface area contributed by atoms with Crippen LogP contribution in [0.3, 0.4) is 0 Å². The summed E-state index contributed by atoms with van der Waals surface area (Å²) in [5.41, 5.74) is 2.62. The first-order valence-corrected chi connectivity index (χ1v) is 11.0. The molecule has 2 aliphatic rings. The molecule has 0 aromatic heterocycles. The number of nitrogens with zero attached hydrogens (tertiary/aromatic N) is 2. The molecule has 1 aliphatic heterocycles. The molecule has 0 radical (unpaired) electrons. The average molecular weight is 488 g/mol. The first-order valence-electron chi connectivity index (χ1n) is 9.81. The molecule has 0 bridgehead atoms. The van der Waals surface area contributed by atoms with Gasteiger partial charge < -0.3 is 15.5 Å². The number of hydrogen-bond donors (Lipinski definition) is 2. The molecule has 4 nitrogen and oxygen atoms in total. The Balaban J connectivity index is 0.00000243. The lowest BCUT2D eigenvalue weighted by atomic mass is 9.96. The van der Waals surface area contributed by atoms with Gasteiger partial charge in [-0.15, -0.1) is 24.0 Å². The monoisotopic (exact) mass is 488 g/mol. The number of guanidine groups is 1. The lowest BCUT2D eigenvalue weighted by Gasteiger charge is -2.28. The fourth-order valence-corrected chi connectivity index (χ4v) is 4.47. The van der Waals surface area contributed by atoms with Crippen LogP contribution in [-0.4, -0.2) is 43.1 Å². The summed E-state index contributed by atoms with van der Waals surface area (Å²) >= 11 is 2.05. The zero-order valence-electron chi connectivity index (χ0n) is 15.9. The van der Waals surface area contributed by atoms with Crippen molar-refractivity contribution in [2.75, 3.05) is 36.0 Å². The average Bonchev–Trinajstić information content (AvgIpc) is 2.68. The molecule has 3 rings (SSSR count). The topological polar surface area (TPSA) is 39.7 Å². The highest BCUT2D eigenvalue weighted by Crippen LogP contribution is 2.20. The second kappa shape index (κ2) is 12.0. The number of anilines is 1. The van der Waals surface area contributed by atoms with Crippen LogP contribution in [0.2, 0.25) is 0 Å². The third-order valence-electron chi connectivity index (χ3n) is 5.02. The van der Waals surface area contributed by atoms with Gasteiger partial charge in [-0.25, -0.2) is 4.99 Å². The number of hydrogen-bond acceptors (Lipinski definition) is 3. The minimum atomic E-state index is 0. The Kier molecular flexibility index (Phi) is 9.96. The molecule has 0 spiro atoms. The standard InChI is InChI=1S/C20H32N4S.HI/c1-2-21-20(23-18-6-4-3-5-7-18)22-16-17-8-10-19(11-9-17)24-12-14-25-15-13-24;/h8-11,18H,2-7,12-16H2,1H3,(H2,21,22,23);1H. The number of rotatable bonds is 5. The van der Waals surface area contributed by atoms with Crippen LogP contribution in [0.25, 0.3) is 0 Å². The molecule has 1 heterocycles. The minimum absolute atomic E-state index is 0. The third-order valence-corrected chi connectivity index (χ3v) is 5.97. The van der Waals surface area contributed by atoms with Gasteiger partial charge in [0.25, 0.3) is 0 Å². The van der Waals surface area contributed by atoms with E-state index < -0.39 is 0 Å². The molecular weight excluding hydrogens is 455 g/mol. The van der Waals surface area contributed by atoms with Crippen molar-refractivity contribution < 1.29 is 0 Å². The maximum atomic E-state index is 4.80. The number of halogens is 1. The van der Waals surface area contributed by atoms with Crippen LogP contribution in [0.4, 0.5) is 5.69 Å². The Morgan fingerprint density at radius 1 is 1.12 bits per heavy atom. The second-order valence-corrected chi connectivity index (χ2v) is 8.17. The Morgan fingerprint density at radius 2 is 1.81 bits per heavy atom. The van der Waals surface area contributed by atoms with Crippen molar-refractivity contribution in [1.29, 1.82) is 0 Å². The first kappa shape index (κ1) is 21.7. The Bertz CT molecular complexity index is 537. The number of nitrogens with one attached hydrogen (secondary N) is 2. The van der Waals surface area contributed by atoms with Gasteiger partial charge in [-0.2, -0.15) is 11.8 Å². The van der Waals surface area contributed by atoms with Gasteiger partial charge in [0.15, 0.2) is 5.96 Å².